The van der Waals surface area contributed by atoms with E-state index in [9.17, 15) is 0 Å². The fraction of sp³-hybridized carbons (Fsp3) is 0.0189. The monoisotopic (exact) mass is 718 g/mol. The van der Waals surface area contributed by atoms with Crippen molar-refractivity contribution in [3.8, 4) is 44.5 Å². The van der Waals surface area contributed by atoms with Crippen molar-refractivity contribution in [3.63, 3.8) is 0 Å². The van der Waals surface area contributed by atoms with E-state index in [1.807, 2.05) is 36.4 Å². The van der Waals surface area contributed by atoms with Gasteiger partial charge in [-0.2, -0.15) is 0 Å². The van der Waals surface area contributed by atoms with Crippen LogP contribution in [0.15, 0.2) is 221 Å². The van der Waals surface area contributed by atoms with Gasteiger partial charge in [0, 0.05) is 27.6 Å². The Hall–Kier alpha value is -7.36. The molecule has 0 amide bonds. The third-order valence-electron chi connectivity index (χ3n) is 10.3. The molecule has 3 heteroatoms. The first-order chi connectivity index (χ1) is 27.6. The summed E-state index contributed by atoms with van der Waals surface area (Å²) in [5.41, 5.74) is 15.1. The number of aliphatic imine (C=N–C) groups is 2. The van der Waals surface area contributed by atoms with Crippen LogP contribution in [-0.4, -0.2) is 11.5 Å². The second-order valence-electron chi connectivity index (χ2n) is 13.9. The van der Waals surface area contributed by atoms with Gasteiger partial charge in [-0.05, 0) is 69.1 Å². The van der Waals surface area contributed by atoms with E-state index in [2.05, 4.69) is 177 Å². The highest BCUT2D eigenvalue weighted by atomic mass is 16.3. The van der Waals surface area contributed by atoms with Gasteiger partial charge in [0.05, 0.1) is 5.70 Å². The topological polar surface area (TPSA) is 37.9 Å². The van der Waals surface area contributed by atoms with E-state index in [1.165, 1.54) is 16.7 Å². The van der Waals surface area contributed by atoms with Crippen LogP contribution in [0.5, 0.6) is 0 Å². The maximum atomic E-state index is 6.51. The summed E-state index contributed by atoms with van der Waals surface area (Å²) in [4.78, 5) is 10.4. The van der Waals surface area contributed by atoms with Crippen molar-refractivity contribution in [1.29, 1.82) is 0 Å². The maximum Gasteiger partial charge on any atom is 0.160 e. The lowest BCUT2D eigenvalue weighted by atomic mass is 9.95. The van der Waals surface area contributed by atoms with Crippen molar-refractivity contribution in [2.45, 2.75) is 6.92 Å². The van der Waals surface area contributed by atoms with E-state index in [4.69, 9.17) is 14.4 Å². The predicted molar refractivity (Wildman–Crippen MR) is 236 cm³/mol. The number of hydrogen-bond donors (Lipinski definition) is 0. The molecule has 0 aliphatic carbocycles. The number of fused-ring (bicyclic) bond motifs is 3. The lowest BCUT2D eigenvalue weighted by Crippen LogP contribution is -2.05. The number of nitrogens with zero attached hydrogens (tertiary/aromatic N) is 2. The number of hydrogen-bond acceptors (Lipinski definition) is 2. The summed E-state index contributed by atoms with van der Waals surface area (Å²) in [6.07, 6.45) is 0. The Labute approximate surface area is 327 Å². The minimum Gasteiger partial charge on any atom is -0.456 e. The van der Waals surface area contributed by atoms with Crippen molar-refractivity contribution >= 4 is 39.2 Å². The van der Waals surface area contributed by atoms with Crippen LogP contribution >= 0.6 is 0 Å². The molecular weight excluding hydrogens is 681 g/mol. The quantitative estimate of drug-likeness (QED) is 0.114. The minimum absolute atomic E-state index is 0.584. The molecule has 0 atom stereocenters. The molecule has 0 radical (unpaired) electrons. The van der Waals surface area contributed by atoms with E-state index in [0.717, 1.165) is 72.2 Å². The van der Waals surface area contributed by atoms with Crippen LogP contribution in [0.25, 0.3) is 72.1 Å². The Morgan fingerprint density at radius 2 is 0.821 bits per heavy atom. The lowest BCUT2D eigenvalue weighted by molar-refractivity contribution is 0.669. The Morgan fingerprint density at radius 1 is 0.393 bits per heavy atom. The molecule has 3 nitrogen and oxygen atoms in total. The van der Waals surface area contributed by atoms with Gasteiger partial charge in [-0.3, -0.25) is 0 Å². The number of rotatable bonds is 8. The molecule has 266 valence electrons. The van der Waals surface area contributed by atoms with Crippen LogP contribution in [0, 0.1) is 0 Å². The lowest BCUT2D eigenvalue weighted by Gasteiger charge is -2.10. The third kappa shape index (κ3) is 6.90. The summed E-state index contributed by atoms with van der Waals surface area (Å²) in [6, 6.07) is 69.3. The van der Waals surface area contributed by atoms with Crippen molar-refractivity contribution in [1.82, 2.24) is 0 Å². The van der Waals surface area contributed by atoms with Crippen molar-refractivity contribution in [2.75, 3.05) is 0 Å². The molecule has 1 aromatic heterocycles. The fourth-order valence-electron chi connectivity index (χ4n) is 7.38. The second kappa shape index (κ2) is 15.2. The molecule has 0 spiro atoms. The van der Waals surface area contributed by atoms with Gasteiger partial charge in [-0.25, -0.2) is 9.98 Å². The molecule has 0 fully saturated rings. The minimum atomic E-state index is 0.584. The normalized spacial score (nSPS) is 11.9. The highest BCUT2D eigenvalue weighted by molar-refractivity contribution is 6.23. The Kier molecular flexibility index (Phi) is 9.32. The first-order valence-electron chi connectivity index (χ1n) is 18.8. The smallest absolute Gasteiger partial charge is 0.160 e. The van der Waals surface area contributed by atoms with Crippen LogP contribution in [-0.2, 0) is 0 Å². The Morgan fingerprint density at radius 3 is 1.36 bits per heavy atom. The van der Waals surface area contributed by atoms with Gasteiger partial charge in [0.1, 0.15) is 11.2 Å². The van der Waals surface area contributed by atoms with Crippen molar-refractivity contribution in [3.05, 3.63) is 223 Å². The van der Waals surface area contributed by atoms with Crippen LogP contribution in [0.3, 0.4) is 0 Å². The predicted octanol–water partition coefficient (Wildman–Crippen LogP) is 14.2. The molecule has 0 N–H and O–H groups in total. The summed E-state index contributed by atoms with van der Waals surface area (Å²) in [7, 11) is 0. The van der Waals surface area contributed by atoms with Gasteiger partial charge in [0.15, 0.2) is 5.84 Å². The first-order valence-corrected chi connectivity index (χ1v) is 18.8. The molecule has 9 aromatic rings. The molecule has 0 aliphatic rings. The molecule has 9 rings (SSSR count). The van der Waals surface area contributed by atoms with Crippen molar-refractivity contribution in [2.24, 2.45) is 9.98 Å². The second-order valence-corrected chi connectivity index (χ2v) is 13.9. The zero-order valence-corrected chi connectivity index (χ0v) is 31.1. The van der Waals surface area contributed by atoms with Gasteiger partial charge in [0.2, 0.25) is 0 Å². The summed E-state index contributed by atoms with van der Waals surface area (Å²) >= 11 is 0. The summed E-state index contributed by atoms with van der Waals surface area (Å²) in [5.74, 6) is 0.584. The van der Waals surface area contributed by atoms with E-state index >= 15 is 0 Å². The molecule has 0 saturated carbocycles. The molecule has 0 aliphatic heterocycles. The molecular formula is C53H38N2O. The molecule has 0 unspecified atom stereocenters. The van der Waals surface area contributed by atoms with Gasteiger partial charge < -0.3 is 4.42 Å². The van der Waals surface area contributed by atoms with Crippen LogP contribution in [0.2, 0.25) is 0 Å². The van der Waals surface area contributed by atoms with E-state index in [1.54, 1.807) is 0 Å². The number of furan rings is 1. The van der Waals surface area contributed by atoms with Gasteiger partial charge in [-0.1, -0.05) is 195 Å². The zero-order valence-electron chi connectivity index (χ0n) is 31.1. The first kappa shape index (κ1) is 34.4. The average Bonchev–Trinajstić information content (AvgIpc) is 3.67. The fourth-order valence-corrected chi connectivity index (χ4v) is 7.38. The molecule has 0 bridgehead atoms. The SMILES string of the molecule is C=C(N=C(N=C(C)c1cccc2oc3cccc(-c4ccc(-c5ccccc5)cc4)c3c12)c1ccc(-c2ccccc2)cc1)c1ccc(-c2ccccc2)cc1. The van der Waals surface area contributed by atoms with E-state index < -0.39 is 0 Å². The van der Waals surface area contributed by atoms with Crippen molar-refractivity contribution < 1.29 is 4.42 Å². The average molecular weight is 719 g/mol. The maximum absolute atomic E-state index is 6.51. The van der Waals surface area contributed by atoms with Gasteiger partial charge in [-0.15, -0.1) is 0 Å². The summed E-state index contributed by atoms with van der Waals surface area (Å²) < 4.78 is 6.51. The molecule has 56 heavy (non-hydrogen) atoms. The largest absolute Gasteiger partial charge is 0.456 e. The van der Waals surface area contributed by atoms with Gasteiger partial charge in [0.25, 0.3) is 0 Å². The third-order valence-corrected chi connectivity index (χ3v) is 10.3. The van der Waals surface area contributed by atoms with E-state index in [-0.39, 0.29) is 0 Å². The Balaban J connectivity index is 1.13. The number of amidine groups is 1. The standard InChI is InChI=1S/C53H38N2O/c1-36(38-24-26-42(27-25-38)39-14-6-3-7-15-39)54-53(46-34-30-44(31-35-46)41-18-10-5-11-19-41)55-37(2)47-20-12-22-49-51(47)52-48(21-13-23-50(52)56-49)45-32-28-43(29-33-45)40-16-8-4-9-17-40/h3-35H,1H2,2H3. The highest BCUT2D eigenvalue weighted by Gasteiger charge is 2.18. The van der Waals surface area contributed by atoms with E-state index in [0.29, 0.717) is 11.5 Å². The number of benzene rings is 8. The summed E-state index contributed by atoms with van der Waals surface area (Å²) in [6.45, 7) is 6.47. The summed E-state index contributed by atoms with van der Waals surface area (Å²) in [5, 5.41) is 2.09. The van der Waals surface area contributed by atoms with Gasteiger partial charge >= 0.3 is 0 Å². The van der Waals surface area contributed by atoms with Crippen LogP contribution in [0.4, 0.5) is 0 Å². The van der Waals surface area contributed by atoms with Crippen LogP contribution in [0.1, 0.15) is 23.6 Å². The zero-order chi connectivity index (χ0) is 37.8. The molecule has 8 aromatic carbocycles. The highest BCUT2D eigenvalue weighted by Crippen LogP contribution is 2.39. The molecule has 1 heterocycles. The molecule has 0 saturated heterocycles. The Bertz CT molecular complexity index is 2870. The van der Waals surface area contributed by atoms with Crippen LogP contribution < -0.4 is 0 Å².